The van der Waals surface area contributed by atoms with E-state index in [0.29, 0.717) is 12.1 Å². The number of nitrogens with one attached hydrogen (secondary N) is 2. The highest BCUT2D eigenvalue weighted by Gasteiger charge is 2.20. The largest absolute Gasteiger partial charge is 0.392 e. The summed E-state index contributed by atoms with van der Waals surface area (Å²) in [7, 11) is 0. The van der Waals surface area contributed by atoms with Crippen molar-refractivity contribution in [1.82, 2.24) is 10.6 Å². The summed E-state index contributed by atoms with van der Waals surface area (Å²) < 4.78 is 0. The molecule has 3 heteroatoms. The first-order valence-corrected chi connectivity index (χ1v) is 5.27. The van der Waals surface area contributed by atoms with E-state index in [9.17, 15) is 5.11 Å². The molecule has 0 amide bonds. The first-order valence-electron chi connectivity index (χ1n) is 5.27. The second kappa shape index (κ2) is 4.94. The van der Waals surface area contributed by atoms with Gasteiger partial charge in [-0.1, -0.05) is 0 Å². The average Bonchev–Trinajstić information content (AvgIpc) is 2.08. The summed E-state index contributed by atoms with van der Waals surface area (Å²) >= 11 is 0. The molecule has 0 spiro atoms. The summed E-state index contributed by atoms with van der Waals surface area (Å²) in [6.07, 6.45) is 2.18. The van der Waals surface area contributed by atoms with E-state index in [1.807, 2.05) is 13.8 Å². The summed E-state index contributed by atoms with van der Waals surface area (Å²) in [5, 5.41) is 16.2. The van der Waals surface area contributed by atoms with Crippen molar-refractivity contribution >= 4 is 0 Å². The molecule has 1 fully saturated rings. The van der Waals surface area contributed by atoms with E-state index >= 15 is 0 Å². The maximum atomic E-state index is 9.32. The molecule has 4 unspecified atom stereocenters. The van der Waals surface area contributed by atoms with Gasteiger partial charge in [0.1, 0.15) is 0 Å². The molecule has 0 aliphatic carbocycles. The van der Waals surface area contributed by atoms with Gasteiger partial charge in [0.05, 0.1) is 6.10 Å². The molecule has 13 heavy (non-hydrogen) atoms. The standard InChI is InChI=1S/C10H22N2O/c1-7-4-5-10(6-11-7)12-8(2)9(3)13/h7-13H,4-6H2,1-3H3. The van der Waals surface area contributed by atoms with Crippen molar-refractivity contribution in [2.24, 2.45) is 0 Å². The minimum absolute atomic E-state index is 0.195. The van der Waals surface area contributed by atoms with Crippen LogP contribution in [0.4, 0.5) is 0 Å². The van der Waals surface area contributed by atoms with E-state index < -0.39 is 0 Å². The molecule has 0 aromatic rings. The molecule has 3 nitrogen and oxygen atoms in total. The fourth-order valence-corrected chi connectivity index (χ4v) is 1.65. The van der Waals surface area contributed by atoms with Crippen LogP contribution in [0.15, 0.2) is 0 Å². The Bertz CT molecular complexity index is 142. The van der Waals surface area contributed by atoms with Crippen LogP contribution in [0.3, 0.4) is 0 Å². The van der Waals surface area contributed by atoms with Crippen molar-refractivity contribution in [2.75, 3.05) is 6.54 Å². The molecule has 0 aromatic heterocycles. The minimum atomic E-state index is -0.264. The highest BCUT2D eigenvalue weighted by atomic mass is 16.3. The number of aliphatic hydroxyl groups is 1. The van der Waals surface area contributed by atoms with Crippen LogP contribution in [0.5, 0.6) is 0 Å². The number of rotatable bonds is 3. The Morgan fingerprint density at radius 1 is 1.38 bits per heavy atom. The zero-order valence-corrected chi connectivity index (χ0v) is 8.88. The minimum Gasteiger partial charge on any atom is -0.392 e. The molecule has 0 radical (unpaired) electrons. The molecule has 1 rings (SSSR count). The summed E-state index contributed by atoms with van der Waals surface area (Å²) in [5.74, 6) is 0. The lowest BCUT2D eigenvalue weighted by Crippen LogP contribution is -2.51. The van der Waals surface area contributed by atoms with Gasteiger partial charge in [0.25, 0.3) is 0 Å². The van der Waals surface area contributed by atoms with E-state index in [-0.39, 0.29) is 12.1 Å². The van der Waals surface area contributed by atoms with Crippen molar-refractivity contribution in [3.8, 4) is 0 Å². The maximum absolute atomic E-state index is 9.32. The van der Waals surface area contributed by atoms with Gasteiger partial charge in [-0.15, -0.1) is 0 Å². The van der Waals surface area contributed by atoms with Crippen LogP contribution in [-0.2, 0) is 0 Å². The van der Waals surface area contributed by atoms with Gasteiger partial charge in [-0.2, -0.15) is 0 Å². The van der Waals surface area contributed by atoms with Crippen LogP contribution in [0, 0.1) is 0 Å². The zero-order chi connectivity index (χ0) is 9.84. The van der Waals surface area contributed by atoms with Crippen LogP contribution in [0.2, 0.25) is 0 Å². The molecule has 0 aromatic carbocycles. The molecule has 1 aliphatic rings. The first kappa shape index (κ1) is 11.0. The lowest BCUT2D eigenvalue weighted by Gasteiger charge is -2.31. The molecule has 1 aliphatic heterocycles. The Hall–Kier alpha value is -0.120. The molecule has 3 N–H and O–H groups in total. The first-order chi connectivity index (χ1) is 6.09. The van der Waals surface area contributed by atoms with Gasteiger partial charge < -0.3 is 15.7 Å². The van der Waals surface area contributed by atoms with Crippen LogP contribution in [0.1, 0.15) is 33.6 Å². The summed E-state index contributed by atoms with van der Waals surface area (Å²) in [5.41, 5.74) is 0. The van der Waals surface area contributed by atoms with E-state index in [2.05, 4.69) is 17.6 Å². The lowest BCUT2D eigenvalue weighted by molar-refractivity contribution is 0.140. The van der Waals surface area contributed by atoms with Crippen molar-refractivity contribution in [1.29, 1.82) is 0 Å². The summed E-state index contributed by atoms with van der Waals surface area (Å²) in [6, 6.07) is 1.38. The number of piperidine rings is 1. The Kier molecular flexibility index (Phi) is 4.16. The number of aliphatic hydroxyl groups excluding tert-OH is 1. The highest BCUT2D eigenvalue weighted by molar-refractivity contribution is 4.82. The highest BCUT2D eigenvalue weighted by Crippen LogP contribution is 2.08. The quantitative estimate of drug-likeness (QED) is 0.601. The third-order valence-corrected chi connectivity index (χ3v) is 2.88. The fourth-order valence-electron chi connectivity index (χ4n) is 1.65. The van der Waals surface area contributed by atoms with Crippen LogP contribution in [0.25, 0.3) is 0 Å². The molecule has 0 bridgehead atoms. The molecule has 0 saturated carbocycles. The van der Waals surface area contributed by atoms with Gasteiger partial charge in [0, 0.05) is 24.7 Å². The topological polar surface area (TPSA) is 44.3 Å². The van der Waals surface area contributed by atoms with Crippen molar-refractivity contribution < 1.29 is 5.11 Å². The monoisotopic (exact) mass is 186 g/mol. The van der Waals surface area contributed by atoms with Gasteiger partial charge in [-0.05, 0) is 33.6 Å². The van der Waals surface area contributed by atoms with Crippen LogP contribution in [-0.4, -0.2) is 35.9 Å². The Labute approximate surface area is 80.9 Å². The summed E-state index contributed by atoms with van der Waals surface area (Å²) in [6.45, 7) is 7.10. The predicted octanol–water partition coefficient (Wildman–Crippen LogP) is 0.486. The Balaban J connectivity index is 2.22. The Morgan fingerprint density at radius 2 is 2.08 bits per heavy atom. The smallest absolute Gasteiger partial charge is 0.0662 e. The molecule has 1 saturated heterocycles. The average molecular weight is 186 g/mol. The third-order valence-electron chi connectivity index (χ3n) is 2.88. The number of hydrogen-bond donors (Lipinski definition) is 3. The van der Waals surface area contributed by atoms with E-state index in [4.69, 9.17) is 0 Å². The SMILES string of the molecule is CC1CCC(NC(C)C(C)O)CN1. The molecule has 1 heterocycles. The normalized spacial score (nSPS) is 34.2. The molecular formula is C10H22N2O. The predicted molar refractivity (Wildman–Crippen MR) is 54.8 cm³/mol. The third kappa shape index (κ3) is 3.63. The maximum Gasteiger partial charge on any atom is 0.0662 e. The number of hydrogen-bond acceptors (Lipinski definition) is 3. The summed E-state index contributed by atoms with van der Waals surface area (Å²) in [4.78, 5) is 0. The van der Waals surface area contributed by atoms with Gasteiger partial charge in [0.15, 0.2) is 0 Å². The second-order valence-electron chi connectivity index (χ2n) is 4.28. The van der Waals surface area contributed by atoms with Crippen molar-refractivity contribution in [3.63, 3.8) is 0 Å². The fraction of sp³-hybridized carbons (Fsp3) is 1.00. The van der Waals surface area contributed by atoms with E-state index in [1.165, 1.54) is 12.8 Å². The van der Waals surface area contributed by atoms with Crippen LogP contribution < -0.4 is 10.6 Å². The molecule has 78 valence electrons. The zero-order valence-electron chi connectivity index (χ0n) is 8.88. The van der Waals surface area contributed by atoms with Crippen LogP contribution >= 0.6 is 0 Å². The van der Waals surface area contributed by atoms with Gasteiger partial charge in [-0.25, -0.2) is 0 Å². The molecular weight excluding hydrogens is 164 g/mol. The van der Waals surface area contributed by atoms with Gasteiger partial charge in [-0.3, -0.25) is 0 Å². The Morgan fingerprint density at radius 3 is 2.54 bits per heavy atom. The van der Waals surface area contributed by atoms with Gasteiger partial charge >= 0.3 is 0 Å². The lowest BCUT2D eigenvalue weighted by atomic mass is 10.0. The second-order valence-corrected chi connectivity index (χ2v) is 4.28. The van der Waals surface area contributed by atoms with Crippen molar-refractivity contribution in [2.45, 2.75) is 57.8 Å². The van der Waals surface area contributed by atoms with Gasteiger partial charge in [0.2, 0.25) is 0 Å². The van der Waals surface area contributed by atoms with E-state index in [0.717, 1.165) is 6.54 Å². The van der Waals surface area contributed by atoms with Crippen molar-refractivity contribution in [3.05, 3.63) is 0 Å². The molecule has 4 atom stereocenters. The van der Waals surface area contributed by atoms with E-state index in [1.54, 1.807) is 0 Å².